The van der Waals surface area contributed by atoms with Crippen LogP contribution in [0.1, 0.15) is 10.4 Å². The van der Waals surface area contributed by atoms with E-state index in [-0.39, 0.29) is 17.0 Å². The Balaban J connectivity index is 2.43. The van der Waals surface area contributed by atoms with Gasteiger partial charge in [-0.15, -0.1) is 0 Å². The van der Waals surface area contributed by atoms with Gasteiger partial charge < -0.3 is 9.84 Å². The van der Waals surface area contributed by atoms with E-state index in [2.05, 4.69) is 4.72 Å². The van der Waals surface area contributed by atoms with Crippen molar-refractivity contribution in [3.8, 4) is 11.5 Å². The maximum atomic E-state index is 11.3. The Morgan fingerprint density at radius 2 is 1.81 bits per heavy atom. The molecule has 0 aliphatic carbocycles. The highest BCUT2D eigenvalue weighted by Gasteiger charge is 2.13. The Hall–Kier alpha value is -2.54. The second-order valence-electron chi connectivity index (χ2n) is 4.31. The Bertz CT molecular complexity index is 756. The zero-order chi connectivity index (χ0) is 15.5. The van der Waals surface area contributed by atoms with Crippen molar-refractivity contribution in [2.45, 2.75) is 0 Å². The number of para-hydroxylation sites is 1. The summed E-state index contributed by atoms with van der Waals surface area (Å²) >= 11 is 0. The van der Waals surface area contributed by atoms with Gasteiger partial charge in [0.15, 0.2) is 5.75 Å². The molecule has 0 spiro atoms. The standard InChI is InChI=1S/C14H13NO5S/c1-21(18,19)15-12-8-7-10(14(16)17)9-13(12)20-11-5-3-2-4-6-11/h2-9,15H,1H3,(H,16,17). The van der Waals surface area contributed by atoms with Crippen LogP contribution >= 0.6 is 0 Å². The van der Waals surface area contributed by atoms with Crippen LogP contribution in [-0.4, -0.2) is 25.7 Å². The van der Waals surface area contributed by atoms with Crippen LogP contribution < -0.4 is 9.46 Å². The fourth-order valence-electron chi connectivity index (χ4n) is 1.64. The molecule has 0 radical (unpaired) electrons. The molecule has 0 saturated carbocycles. The molecule has 0 aromatic heterocycles. The lowest BCUT2D eigenvalue weighted by Crippen LogP contribution is -2.11. The molecule has 2 N–H and O–H groups in total. The number of carboxylic acid groups (broad SMARTS) is 1. The topological polar surface area (TPSA) is 92.7 Å². The van der Waals surface area contributed by atoms with Gasteiger partial charge in [0.2, 0.25) is 10.0 Å². The average Bonchev–Trinajstić information content (AvgIpc) is 2.40. The normalized spacial score (nSPS) is 10.9. The predicted octanol–water partition coefficient (Wildman–Crippen LogP) is 2.55. The van der Waals surface area contributed by atoms with Crippen LogP contribution in [0.3, 0.4) is 0 Å². The average molecular weight is 307 g/mol. The van der Waals surface area contributed by atoms with Crippen molar-refractivity contribution in [3.05, 3.63) is 54.1 Å². The third kappa shape index (κ3) is 4.22. The molecule has 0 fully saturated rings. The van der Waals surface area contributed by atoms with Gasteiger partial charge in [0, 0.05) is 0 Å². The number of anilines is 1. The van der Waals surface area contributed by atoms with Crippen molar-refractivity contribution in [1.82, 2.24) is 0 Å². The first kappa shape index (κ1) is 14.9. The van der Waals surface area contributed by atoms with E-state index in [9.17, 15) is 13.2 Å². The fourth-order valence-corrected chi connectivity index (χ4v) is 2.21. The smallest absolute Gasteiger partial charge is 0.335 e. The summed E-state index contributed by atoms with van der Waals surface area (Å²) < 4.78 is 30.5. The number of rotatable bonds is 5. The SMILES string of the molecule is CS(=O)(=O)Nc1ccc(C(=O)O)cc1Oc1ccccc1. The number of ether oxygens (including phenoxy) is 1. The maximum absolute atomic E-state index is 11.3. The molecule has 0 atom stereocenters. The lowest BCUT2D eigenvalue weighted by Gasteiger charge is -2.12. The first-order valence-corrected chi connectivity index (χ1v) is 7.82. The highest BCUT2D eigenvalue weighted by atomic mass is 32.2. The van der Waals surface area contributed by atoms with Crippen LogP contribution in [0, 0.1) is 0 Å². The number of benzene rings is 2. The third-order valence-corrected chi connectivity index (χ3v) is 3.09. The summed E-state index contributed by atoms with van der Waals surface area (Å²) in [5.41, 5.74) is 0.173. The minimum Gasteiger partial charge on any atom is -0.478 e. The predicted molar refractivity (Wildman–Crippen MR) is 78.4 cm³/mol. The van der Waals surface area contributed by atoms with Crippen LogP contribution in [0.5, 0.6) is 11.5 Å². The lowest BCUT2D eigenvalue weighted by atomic mass is 10.2. The molecule has 2 aromatic rings. The van der Waals surface area contributed by atoms with Gasteiger partial charge in [0.1, 0.15) is 5.75 Å². The molecule has 21 heavy (non-hydrogen) atoms. The highest BCUT2D eigenvalue weighted by Crippen LogP contribution is 2.31. The fraction of sp³-hybridized carbons (Fsp3) is 0.0714. The molecule has 0 aliphatic rings. The molecule has 7 heteroatoms. The Kier molecular flexibility index (Phi) is 4.13. The minimum absolute atomic E-state index is 0.0000165. The van der Waals surface area contributed by atoms with Gasteiger partial charge >= 0.3 is 5.97 Å². The van der Waals surface area contributed by atoms with Gasteiger partial charge in [-0.05, 0) is 30.3 Å². The Labute approximate surface area is 122 Å². The molecule has 2 rings (SSSR count). The third-order valence-electron chi connectivity index (χ3n) is 2.49. The van der Waals surface area contributed by atoms with Crippen LogP contribution in [0.2, 0.25) is 0 Å². The Morgan fingerprint density at radius 1 is 1.14 bits per heavy atom. The monoisotopic (exact) mass is 307 g/mol. The second kappa shape index (κ2) is 5.84. The van der Waals surface area contributed by atoms with Gasteiger partial charge in [0.25, 0.3) is 0 Å². The van der Waals surface area contributed by atoms with E-state index in [0.717, 1.165) is 6.26 Å². The zero-order valence-corrected chi connectivity index (χ0v) is 11.9. The molecule has 0 amide bonds. The molecular formula is C14H13NO5S. The molecule has 0 unspecified atom stereocenters. The van der Waals surface area contributed by atoms with E-state index in [1.807, 2.05) is 0 Å². The molecule has 0 saturated heterocycles. The summed E-state index contributed by atoms with van der Waals surface area (Å²) in [5.74, 6) is -0.540. The number of sulfonamides is 1. The van der Waals surface area contributed by atoms with Crippen LogP contribution in [0.15, 0.2) is 48.5 Å². The van der Waals surface area contributed by atoms with E-state index in [4.69, 9.17) is 9.84 Å². The number of aromatic carboxylic acids is 1. The summed E-state index contributed by atoms with van der Waals surface area (Å²) in [6.07, 6.45) is 1.00. The lowest BCUT2D eigenvalue weighted by molar-refractivity contribution is 0.0696. The second-order valence-corrected chi connectivity index (χ2v) is 6.05. The number of carboxylic acids is 1. The largest absolute Gasteiger partial charge is 0.478 e. The maximum Gasteiger partial charge on any atom is 0.335 e. The molecule has 0 heterocycles. The van der Waals surface area contributed by atoms with Crippen molar-refractivity contribution in [3.63, 3.8) is 0 Å². The molecule has 6 nitrogen and oxygen atoms in total. The Morgan fingerprint density at radius 3 is 2.38 bits per heavy atom. The summed E-state index contributed by atoms with van der Waals surface area (Å²) in [5, 5.41) is 9.00. The van der Waals surface area contributed by atoms with Crippen molar-refractivity contribution >= 4 is 21.7 Å². The van der Waals surface area contributed by atoms with Crippen LogP contribution in [0.25, 0.3) is 0 Å². The van der Waals surface area contributed by atoms with Crippen LogP contribution in [-0.2, 0) is 10.0 Å². The molecule has 0 aliphatic heterocycles. The first-order chi connectivity index (χ1) is 9.85. The van der Waals surface area contributed by atoms with Crippen LogP contribution in [0.4, 0.5) is 5.69 Å². The summed E-state index contributed by atoms with van der Waals surface area (Å²) in [7, 11) is -3.50. The van der Waals surface area contributed by atoms with Crippen molar-refractivity contribution in [2.75, 3.05) is 11.0 Å². The number of nitrogens with one attached hydrogen (secondary N) is 1. The van der Waals surface area contributed by atoms with Crippen molar-refractivity contribution in [2.24, 2.45) is 0 Å². The van der Waals surface area contributed by atoms with E-state index >= 15 is 0 Å². The zero-order valence-electron chi connectivity index (χ0n) is 11.1. The van der Waals surface area contributed by atoms with E-state index in [1.165, 1.54) is 18.2 Å². The van der Waals surface area contributed by atoms with Gasteiger partial charge in [-0.1, -0.05) is 18.2 Å². The van der Waals surface area contributed by atoms with Crippen molar-refractivity contribution < 1.29 is 23.1 Å². The molecule has 110 valence electrons. The van der Waals surface area contributed by atoms with Gasteiger partial charge in [-0.3, -0.25) is 4.72 Å². The van der Waals surface area contributed by atoms with Crippen molar-refractivity contribution in [1.29, 1.82) is 0 Å². The number of hydrogen-bond donors (Lipinski definition) is 2. The molecule has 0 bridgehead atoms. The van der Waals surface area contributed by atoms with E-state index in [1.54, 1.807) is 30.3 Å². The first-order valence-electron chi connectivity index (χ1n) is 5.93. The molecular weight excluding hydrogens is 294 g/mol. The highest BCUT2D eigenvalue weighted by molar-refractivity contribution is 7.92. The quantitative estimate of drug-likeness (QED) is 0.885. The van der Waals surface area contributed by atoms with Gasteiger partial charge in [-0.25, -0.2) is 13.2 Å². The minimum atomic E-state index is -3.50. The van der Waals surface area contributed by atoms with E-state index < -0.39 is 16.0 Å². The summed E-state index contributed by atoms with van der Waals surface area (Å²) in [4.78, 5) is 11.0. The number of hydrogen-bond acceptors (Lipinski definition) is 4. The summed E-state index contributed by atoms with van der Waals surface area (Å²) in [6.45, 7) is 0. The van der Waals surface area contributed by atoms with E-state index in [0.29, 0.717) is 5.75 Å². The molecule has 2 aromatic carbocycles. The van der Waals surface area contributed by atoms with Gasteiger partial charge in [0.05, 0.1) is 17.5 Å². The van der Waals surface area contributed by atoms with Gasteiger partial charge in [-0.2, -0.15) is 0 Å². The number of carbonyl (C=O) groups is 1. The summed E-state index contributed by atoms with van der Waals surface area (Å²) in [6, 6.07) is 12.6.